The molecule has 0 aromatic carbocycles. The quantitative estimate of drug-likeness (QED) is 0.659. The molecule has 2 rings (SSSR count). The lowest BCUT2D eigenvalue weighted by Crippen LogP contribution is -2.51. The molecule has 2 fully saturated rings. The molecule has 1 saturated carbocycles. The molecule has 1 unspecified atom stereocenters. The first-order chi connectivity index (χ1) is 8.58. The standard InChI is InChI=1S/C13H23N3O2/c1-8(10-6-15-7-10)13(18)16-11-4-2-9(3-5-11)12(14)17/h8-11,15H,2-7H2,1H3,(H2,14,17)(H,16,18). The van der Waals surface area contributed by atoms with Crippen LogP contribution in [0.2, 0.25) is 0 Å². The summed E-state index contributed by atoms with van der Waals surface area (Å²) < 4.78 is 0. The number of nitrogens with one attached hydrogen (secondary N) is 2. The second-order valence-electron chi connectivity index (χ2n) is 5.67. The number of carbonyl (C=O) groups excluding carboxylic acids is 2. The normalized spacial score (nSPS) is 30.3. The van der Waals surface area contributed by atoms with E-state index in [0.717, 1.165) is 38.8 Å². The van der Waals surface area contributed by atoms with Crippen LogP contribution in [0.25, 0.3) is 0 Å². The average molecular weight is 253 g/mol. The van der Waals surface area contributed by atoms with E-state index in [1.165, 1.54) is 0 Å². The summed E-state index contributed by atoms with van der Waals surface area (Å²) in [6.07, 6.45) is 3.35. The van der Waals surface area contributed by atoms with Crippen LogP contribution in [-0.2, 0) is 9.59 Å². The second kappa shape index (κ2) is 5.69. The lowest BCUT2D eigenvalue weighted by atomic mass is 9.84. The van der Waals surface area contributed by atoms with Crippen molar-refractivity contribution in [3.8, 4) is 0 Å². The summed E-state index contributed by atoms with van der Waals surface area (Å²) in [5.41, 5.74) is 5.29. The van der Waals surface area contributed by atoms with Crippen LogP contribution in [0.15, 0.2) is 0 Å². The van der Waals surface area contributed by atoms with Gasteiger partial charge in [0.2, 0.25) is 11.8 Å². The number of hydrogen-bond acceptors (Lipinski definition) is 3. The molecule has 5 nitrogen and oxygen atoms in total. The zero-order chi connectivity index (χ0) is 13.1. The number of hydrogen-bond donors (Lipinski definition) is 3. The van der Waals surface area contributed by atoms with Crippen LogP contribution in [0, 0.1) is 17.8 Å². The Kier molecular flexibility index (Phi) is 4.22. The number of rotatable bonds is 4. The largest absolute Gasteiger partial charge is 0.369 e. The van der Waals surface area contributed by atoms with Gasteiger partial charge in [0.15, 0.2) is 0 Å². The Hall–Kier alpha value is -1.10. The number of amides is 2. The summed E-state index contributed by atoms with van der Waals surface area (Å²) in [6, 6.07) is 0.226. The molecule has 0 radical (unpaired) electrons. The fourth-order valence-electron chi connectivity index (χ4n) is 2.73. The van der Waals surface area contributed by atoms with Gasteiger partial charge in [-0.05, 0) is 44.7 Å². The highest BCUT2D eigenvalue weighted by Gasteiger charge is 2.31. The number of primary amides is 1. The van der Waals surface area contributed by atoms with E-state index in [1.54, 1.807) is 0 Å². The van der Waals surface area contributed by atoms with Crippen molar-refractivity contribution in [1.82, 2.24) is 10.6 Å². The molecule has 1 atom stereocenters. The van der Waals surface area contributed by atoms with Crippen LogP contribution in [0.1, 0.15) is 32.6 Å². The highest BCUT2D eigenvalue weighted by atomic mass is 16.2. The Morgan fingerprint density at radius 2 is 1.83 bits per heavy atom. The van der Waals surface area contributed by atoms with Crippen molar-refractivity contribution >= 4 is 11.8 Å². The Labute approximate surface area is 108 Å². The second-order valence-corrected chi connectivity index (χ2v) is 5.67. The minimum absolute atomic E-state index is 0.00593. The molecule has 1 saturated heterocycles. The lowest BCUT2D eigenvalue weighted by molar-refractivity contribution is -0.127. The summed E-state index contributed by atoms with van der Waals surface area (Å²) in [5, 5.41) is 6.30. The van der Waals surface area contributed by atoms with E-state index in [9.17, 15) is 9.59 Å². The first-order valence-electron chi connectivity index (χ1n) is 6.88. The Morgan fingerprint density at radius 3 is 2.28 bits per heavy atom. The van der Waals surface area contributed by atoms with E-state index in [-0.39, 0.29) is 29.7 Å². The fraction of sp³-hybridized carbons (Fsp3) is 0.846. The molecule has 0 bridgehead atoms. The summed E-state index contributed by atoms with van der Waals surface area (Å²) in [7, 11) is 0. The third-order valence-electron chi connectivity index (χ3n) is 4.41. The van der Waals surface area contributed by atoms with Gasteiger partial charge in [0.1, 0.15) is 0 Å². The molecule has 18 heavy (non-hydrogen) atoms. The van der Waals surface area contributed by atoms with Crippen molar-refractivity contribution in [3.05, 3.63) is 0 Å². The lowest BCUT2D eigenvalue weighted by Gasteiger charge is -2.34. The maximum Gasteiger partial charge on any atom is 0.223 e. The van der Waals surface area contributed by atoms with Crippen molar-refractivity contribution in [1.29, 1.82) is 0 Å². The summed E-state index contributed by atoms with van der Waals surface area (Å²) in [6.45, 7) is 3.89. The van der Waals surface area contributed by atoms with E-state index in [2.05, 4.69) is 10.6 Å². The molecule has 102 valence electrons. The van der Waals surface area contributed by atoms with E-state index >= 15 is 0 Å². The molecule has 1 heterocycles. The van der Waals surface area contributed by atoms with Gasteiger partial charge in [0.25, 0.3) is 0 Å². The van der Waals surface area contributed by atoms with Crippen molar-refractivity contribution in [2.75, 3.05) is 13.1 Å². The molecule has 0 spiro atoms. The van der Waals surface area contributed by atoms with Gasteiger partial charge >= 0.3 is 0 Å². The molecule has 5 heteroatoms. The molecule has 0 aromatic rings. The molecule has 2 aliphatic rings. The van der Waals surface area contributed by atoms with Crippen molar-refractivity contribution in [3.63, 3.8) is 0 Å². The third kappa shape index (κ3) is 3.02. The summed E-state index contributed by atoms with van der Waals surface area (Å²) in [4.78, 5) is 23.1. The topological polar surface area (TPSA) is 84.2 Å². The van der Waals surface area contributed by atoms with Crippen LogP contribution in [0.5, 0.6) is 0 Å². The van der Waals surface area contributed by atoms with E-state index in [4.69, 9.17) is 5.73 Å². The molecular formula is C13H23N3O2. The van der Waals surface area contributed by atoms with E-state index < -0.39 is 0 Å². The van der Waals surface area contributed by atoms with Gasteiger partial charge in [-0.2, -0.15) is 0 Å². The van der Waals surface area contributed by atoms with Gasteiger partial charge in [-0.3, -0.25) is 9.59 Å². The predicted molar refractivity (Wildman–Crippen MR) is 68.6 cm³/mol. The highest BCUT2D eigenvalue weighted by molar-refractivity contribution is 5.79. The molecule has 1 aliphatic carbocycles. The van der Waals surface area contributed by atoms with Gasteiger partial charge in [-0.25, -0.2) is 0 Å². The molecular weight excluding hydrogens is 230 g/mol. The van der Waals surface area contributed by atoms with Gasteiger partial charge in [-0.15, -0.1) is 0 Å². The molecule has 0 aromatic heterocycles. The van der Waals surface area contributed by atoms with Crippen LogP contribution in [0.4, 0.5) is 0 Å². The van der Waals surface area contributed by atoms with E-state index in [1.807, 2.05) is 6.92 Å². The number of nitrogens with two attached hydrogens (primary N) is 1. The number of carbonyl (C=O) groups is 2. The predicted octanol–water partition coefficient (Wildman–Crippen LogP) is 0.00220. The van der Waals surface area contributed by atoms with E-state index in [0.29, 0.717) is 5.92 Å². The minimum atomic E-state index is -0.200. The zero-order valence-corrected chi connectivity index (χ0v) is 10.9. The Morgan fingerprint density at radius 1 is 1.22 bits per heavy atom. The first kappa shape index (κ1) is 13.3. The van der Waals surface area contributed by atoms with Crippen LogP contribution < -0.4 is 16.4 Å². The molecule has 2 amide bonds. The van der Waals surface area contributed by atoms with Crippen molar-refractivity contribution in [2.24, 2.45) is 23.5 Å². The first-order valence-corrected chi connectivity index (χ1v) is 6.88. The SMILES string of the molecule is CC(C(=O)NC1CCC(C(N)=O)CC1)C1CNC1. The van der Waals surface area contributed by atoms with Crippen LogP contribution in [-0.4, -0.2) is 30.9 Å². The Balaban J connectivity index is 1.73. The monoisotopic (exact) mass is 253 g/mol. The van der Waals surface area contributed by atoms with Gasteiger partial charge in [0.05, 0.1) is 0 Å². The smallest absolute Gasteiger partial charge is 0.223 e. The third-order valence-corrected chi connectivity index (χ3v) is 4.41. The summed E-state index contributed by atoms with van der Waals surface area (Å²) >= 11 is 0. The van der Waals surface area contributed by atoms with Crippen LogP contribution in [0.3, 0.4) is 0 Å². The van der Waals surface area contributed by atoms with Crippen molar-refractivity contribution < 1.29 is 9.59 Å². The fourth-order valence-corrected chi connectivity index (χ4v) is 2.73. The molecule has 4 N–H and O–H groups in total. The maximum absolute atomic E-state index is 12.0. The minimum Gasteiger partial charge on any atom is -0.369 e. The Bertz CT molecular complexity index is 320. The molecule has 1 aliphatic heterocycles. The van der Waals surface area contributed by atoms with Gasteiger partial charge < -0.3 is 16.4 Å². The highest BCUT2D eigenvalue weighted by Crippen LogP contribution is 2.24. The zero-order valence-electron chi connectivity index (χ0n) is 10.9. The van der Waals surface area contributed by atoms with Gasteiger partial charge in [-0.1, -0.05) is 6.92 Å². The van der Waals surface area contributed by atoms with Gasteiger partial charge in [0, 0.05) is 17.9 Å². The average Bonchev–Trinajstić information content (AvgIpc) is 2.27. The maximum atomic E-state index is 12.0. The van der Waals surface area contributed by atoms with Crippen LogP contribution >= 0.6 is 0 Å². The summed E-state index contributed by atoms with van der Waals surface area (Å²) in [5.74, 6) is 0.524. The van der Waals surface area contributed by atoms with Crippen molar-refractivity contribution in [2.45, 2.75) is 38.6 Å².